The number of carbonyl (C=O) groups is 2. The van der Waals surface area contributed by atoms with Crippen LogP contribution in [0.2, 0.25) is 0 Å². The van der Waals surface area contributed by atoms with Gasteiger partial charge in [-0.3, -0.25) is 14.6 Å². The van der Waals surface area contributed by atoms with Crippen LogP contribution in [-0.4, -0.2) is 144 Å². The average Bonchev–Trinajstić information content (AvgIpc) is 3.18. The highest BCUT2D eigenvalue weighted by Crippen LogP contribution is 2.51. The second-order valence-corrected chi connectivity index (χ2v) is 17.3. The van der Waals surface area contributed by atoms with E-state index in [-0.39, 0.29) is 67.0 Å². The van der Waals surface area contributed by atoms with Crippen molar-refractivity contribution in [1.29, 1.82) is 0 Å². The number of aliphatic hydroxyl groups excluding tert-OH is 4. The molecule has 0 aromatic rings. The van der Waals surface area contributed by atoms with Gasteiger partial charge in [-0.05, 0) is 95.1 Å². The van der Waals surface area contributed by atoms with E-state index in [1.807, 2.05) is 0 Å². The van der Waals surface area contributed by atoms with E-state index in [2.05, 4.69) is 20.9 Å². The summed E-state index contributed by atoms with van der Waals surface area (Å²) < 4.78 is 18.1. The molecule has 3 aliphatic heterocycles. The summed E-state index contributed by atoms with van der Waals surface area (Å²) in [5.41, 5.74) is 16.1. The number of carbonyl (C=O) groups excluding carboxylic acids is 2. The lowest BCUT2D eigenvalue weighted by molar-refractivity contribution is -0.346. The first-order valence-corrected chi connectivity index (χ1v) is 20.5. The summed E-state index contributed by atoms with van der Waals surface area (Å²) in [5.74, 6) is -3.39. The molecule has 3 saturated heterocycles. The number of nitrogens with two attached hydrogens (primary N) is 3. The molecule has 6 fully saturated rings. The van der Waals surface area contributed by atoms with Gasteiger partial charge in [-0.15, -0.1) is 0 Å². The highest BCUT2D eigenvalue weighted by atomic mass is 16.7. The fourth-order valence-electron chi connectivity index (χ4n) is 10.9. The van der Waals surface area contributed by atoms with Gasteiger partial charge in [0.15, 0.2) is 12.2 Å². The summed E-state index contributed by atoms with van der Waals surface area (Å²) in [4.78, 5) is 33.3. The third-order valence-electron chi connectivity index (χ3n) is 14.2. The number of nitrogens with one attached hydrogen (secondary N) is 3. The zero-order valence-corrected chi connectivity index (χ0v) is 32.4. The van der Waals surface area contributed by atoms with Gasteiger partial charge in [0.1, 0.15) is 35.5 Å². The topological polar surface area (TPSA) is 289 Å². The van der Waals surface area contributed by atoms with E-state index in [0.717, 1.165) is 45.2 Å². The van der Waals surface area contributed by atoms with Gasteiger partial charge >= 0.3 is 0 Å². The molecule has 17 heteroatoms. The lowest BCUT2D eigenvalue weighted by Crippen LogP contribution is -2.68. The molecule has 17 nitrogen and oxygen atoms in total. The van der Waals surface area contributed by atoms with Crippen LogP contribution in [0.4, 0.5) is 0 Å². The molecule has 3 aliphatic carbocycles. The maximum Gasteiger partial charge on any atom is 0.188 e. The third-order valence-corrected chi connectivity index (χ3v) is 14.2. The quantitative estimate of drug-likeness (QED) is 0.0729. The summed E-state index contributed by atoms with van der Waals surface area (Å²) in [6, 6.07) is 0. The fraction of sp³-hybridized carbons (Fsp3) is 0.921. The Kier molecular flexibility index (Phi) is 14.3. The van der Waals surface area contributed by atoms with Crippen LogP contribution in [0.3, 0.4) is 0 Å². The normalized spacial score (nSPS) is 46.9. The Bertz CT molecular complexity index is 1340. The van der Waals surface area contributed by atoms with Gasteiger partial charge in [-0.1, -0.05) is 0 Å². The Morgan fingerprint density at radius 1 is 0.945 bits per heavy atom. The molecular formula is C38H67N7O10. The number of methoxy groups -OCH3 is 1. The van der Waals surface area contributed by atoms with Crippen molar-refractivity contribution in [3.63, 3.8) is 0 Å². The number of ether oxygens (including phenoxy) is 3. The van der Waals surface area contributed by atoms with Crippen LogP contribution in [0.15, 0.2) is 4.99 Å². The molecule has 3 heterocycles. The predicted molar refractivity (Wildman–Crippen MR) is 201 cm³/mol. The summed E-state index contributed by atoms with van der Waals surface area (Å²) >= 11 is 0. The largest absolute Gasteiger partial charge is 0.394 e. The molecule has 3 saturated carbocycles. The van der Waals surface area contributed by atoms with E-state index in [1.54, 1.807) is 7.05 Å². The minimum Gasteiger partial charge on any atom is -0.394 e. The van der Waals surface area contributed by atoms with Crippen molar-refractivity contribution in [1.82, 2.24) is 16.0 Å². The molecule has 6 rings (SSSR count). The summed E-state index contributed by atoms with van der Waals surface area (Å²) in [7, 11) is 3.10. The standard InChI is InChI=1S/C38H67N7O10/c1-42-37(41)45-16-24-20(5-3-19-4-6-27(39)44-15-19)12-22-30(32(24)48)33(49)29-23(31(22)47)13-21(53-2)14-25(29)54-36-34(50)35(51)38(52,26(17-46)55-36)9-7-18-8-10-43-28(40)11-18/h18-30,32,34-36,43-44,46,48,50-52H,3-17,39-40H2,1-2H3,(H3,41,42,45). The number of hydrogen-bond acceptors (Lipinski definition) is 15. The maximum absolute atomic E-state index is 14.7. The van der Waals surface area contributed by atoms with Gasteiger partial charge < -0.3 is 72.9 Å². The molecule has 0 radical (unpaired) electrons. The predicted octanol–water partition coefficient (Wildman–Crippen LogP) is -2.37. The Hall–Kier alpha value is -1.87. The number of Topliss-reactive ketones (excluding diaryl/α,β-unsaturated/α-hetero) is 2. The monoisotopic (exact) mass is 781 g/mol. The number of aliphatic hydroxyl groups is 5. The van der Waals surface area contributed by atoms with Crippen LogP contribution in [-0.2, 0) is 23.8 Å². The van der Waals surface area contributed by atoms with Crippen LogP contribution >= 0.6 is 0 Å². The molecule has 18 unspecified atom stereocenters. The van der Waals surface area contributed by atoms with Crippen molar-refractivity contribution >= 4 is 17.5 Å². The van der Waals surface area contributed by atoms with Gasteiger partial charge in [0.25, 0.3) is 0 Å². The fourth-order valence-corrected chi connectivity index (χ4v) is 10.9. The van der Waals surface area contributed by atoms with Crippen LogP contribution < -0.4 is 33.2 Å². The SMILES string of the molecule is CN=C(N)NCC1C(CCC2CCC(N)NC2)CC2C(=O)C3CC(OC)CC(OC4OC(CO)C(O)(CCC5CCNC(N)C5)C(O)C4O)C3C(=O)C2C1O. The molecule has 0 bridgehead atoms. The molecule has 0 aromatic heterocycles. The minimum atomic E-state index is -1.98. The number of guanidine groups is 1. The van der Waals surface area contributed by atoms with Crippen molar-refractivity contribution in [2.45, 2.75) is 131 Å². The van der Waals surface area contributed by atoms with Crippen molar-refractivity contribution in [3.05, 3.63) is 0 Å². The van der Waals surface area contributed by atoms with Crippen LogP contribution in [0, 0.1) is 47.3 Å². The highest BCUT2D eigenvalue weighted by Gasteiger charge is 2.62. The lowest BCUT2D eigenvalue weighted by Gasteiger charge is -2.53. The first-order valence-electron chi connectivity index (χ1n) is 20.5. The molecule has 314 valence electrons. The zero-order valence-electron chi connectivity index (χ0n) is 32.4. The van der Waals surface area contributed by atoms with E-state index < -0.39 is 78.8 Å². The molecule has 55 heavy (non-hydrogen) atoms. The number of hydrogen-bond donors (Lipinski definition) is 11. The second kappa shape index (κ2) is 18.4. The Morgan fingerprint density at radius 2 is 1.71 bits per heavy atom. The van der Waals surface area contributed by atoms with Crippen molar-refractivity contribution in [3.8, 4) is 0 Å². The Morgan fingerprint density at radius 3 is 2.38 bits per heavy atom. The average molecular weight is 782 g/mol. The maximum atomic E-state index is 14.7. The number of rotatable bonds is 12. The minimum absolute atomic E-state index is 0.00780. The molecule has 0 amide bonds. The highest BCUT2D eigenvalue weighted by molar-refractivity contribution is 6.00. The Labute approximate surface area is 323 Å². The third kappa shape index (κ3) is 9.08. The molecule has 6 aliphatic rings. The summed E-state index contributed by atoms with van der Waals surface area (Å²) in [6.45, 7) is 1.16. The van der Waals surface area contributed by atoms with Crippen LogP contribution in [0.25, 0.3) is 0 Å². The number of piperidine rings is 2. The second-order valence-electron chi connectivity index (χ2n) is 17.3. The van der Waals surface area contributed by atoms with Gasteiger partial charge in [-0.2, -0.15) is 0 Å². The van der Waals surface area contributed by atoms with Crippen molar-refractivity contribution in [2.24, 2.45) is 69.5 Å². The van der Waals surface area contributed by atoms with Crippen LogP contribution in [0.5, 0.6) is 0 Å². The molecule has 0 spiro atoms. The van der Waals surface area contributed by atoms with E-state index in [1.165, 1.54) is 7.11 Å². The zero-order chi connectivity index (χ0) is 39.6. The Balaban J connectivity index is 1.19. The van der Waals surface area contributed by atoms with Crippen molar-refractivity contribution in [2.75, 3.05) is 40.4 Å². The first kappa shape index (κ1) is 42.7. The van der Waals surface area contributed by atoms with Crippen molar-refractivity contribution < 1.29 is 49.3 Å². The van der Waals surface area contributed by atoms with E-state index in [4.69, 9.17) is 31.4 Å². The van der Waals surface area contributed by atoms with E-state index >= 15 is 0 Å². The van der Waals surface area contributed by atoms with Gasteiger partial charge in [0.2, 0.25) is 0 Å². The van der Waals surface area contributed by atoms with Gasteiger partial charge in [-0.25, -0.2) is 0 Å². The van der Waals surface area contributed by atoms with Crippen LogP contribution in [0.1, 0.15) is 70.6 Å². The van der Waals surface area contributed by atoms with Gasteiger partial charge in [0.05, 0.1) is 49.1 Å². The number of nitrogens with zero attached hydrogens (tertiary/aromatic N) is 1. The molecule has 14 N–H and O–H groups in total. The van der Waals surface area contributed by atoms with E-state index in [9.17, 15) is 35.1 Å². The molecule has 0 aromatic carbocycles. The smallest absolute Gasteiger partial charge is 0.188 e. The summed E-state index contributed by atoms with van der Waals surface area (Å²) in [6.07, 6.45) is -2.52. The molecular weight excluding hydrogens is 714 g/mol. The van der Waals surface area contributed by atoms with E-state index in [0.29, 0.717) is 31.6 Å². The number of aliphatic imine (C=N–C) groups is 1. The number of fused-ring (bicyclic) bond motifs is 2. The van der Waals surface area contributed by atoms with Gasteiger partial charge in [0, 0.05) is 44.9 Å². The number of ketones is 2. The molecule has 18 atom stereocenters. The first-order chi connectivity index (χ1) is 26.3. The lowest BCUT2D eigenvalue weighted by atomic mass is 9.53. The summed E-state index contributed by atoms with van der Waals surface area (Å²) in [5, 5.41) is 66.5.